The normalized spacial score (nSPS) is 13.2. The third kappa shape index (κ3) is 4.12. The Bertz CT molecular complexity index is 991. The number of aromatic nitrogens is 2. The van der Waals surface area contributed by atoms with Crippen molar-refractivity contribution in [3.8, 4) is 0 Å². The molecule has 0 unspecified atom stereocenters. The van der Waals surface area contributed by atoms with Gasteiger partial charge < -0.3 is 22.1 Å². The SMILES string of the molecule is C[C@H](Nc1nc(Nc2ccc3ncccc3c2)c(C(N)=O)cc1F)[C@@H](C)N. The quantitative estimate of drug-likeness (QED) is 0.531. The zero-order chi connectivity index (χ0) is 19.6. The number of fused-ring (bicyclic) bond motifs is 1. The number of benzene rings is 1. The first kappa shape index (κ1) is 18.5. The molecule has 2 heterocycles. The fourth-order valence-electron chi connectivity index (χ4n) is 2.51. The maximum absolute atomic E-state index is 14.4. The van der Waals surface area contributed by atoms with E-state index in [9.17, 15) is 9.18 Å². The van der Waals surface area contributed by atoms with Crippen LogP contribution in [0.1, 0.15) is 24.2 Å². The molecular weight excluding hydrogens is 347 g/mol. The summed E-state index contributed by atoms with van der Waals surface area (Å²) >= 11 is 0. The molecule has 1 amide bonds. The second-order valence-corrected chi connectivity index (χ2v) is 6.41. The highest BCUT2D eigenvalue weighted by Gasteiger charge is 2.18. The van der Waals surface area contributed by atoms with E-state index in [1.807, 2.05) is 31.2 Å². The van der Waals surface area contributed by atoms with Crippen molar-refractivity contribution in [1.82, 2.24) is 9.97 Å². The number of nitrogens with zero attached hydrogens (tertiary/aromatic N) is 2. The van der Waals surface area contributed by atoms with Crippen LogP contribution >= 0.6 is 0 Å². The molecule has 0 fully saturated rings. The van der Waals surface area contributed by atoms with Gasteiger partial charge in [0, 0.05) is 29.4 Å². The van der Waals surface area contributed by atoms with E-state index in [-0.39, 0.29) is 29.3 Å². The standard InChI is InChI=1S/C19H21FN6O/c1-10(21)11(2)24-19-15(20)9-14(17(22)27)18(26-19)25-13-5-6-16-12(8-13)4-3-7-23-16/h3-11H,21H2,1-2H3,(H2,22,27)(H2,24,25,26)/t10-,11+/m1/s1. The van der Waals surface area contributed by atoms with Crippen molar-refractivity contribution < 1.29 is 9.18 Å². The van der Waals surface area contributed by atoms with Crippen LogP contribution in [0.15, 0.2) is 42.6 Å². The molecule has 27 heavy (non-hydrogen) atoms. The lowest BCUT2D eigenvalue weighted by Crippen LogP contribution is -2.35. The smallest absolute Gasteiger partial charge is 0.252 e. The summed E-state index contributed by atoms with van der Waals surface area (Å²) < 4.78 is 14.4. The molecule has 6 N–H and O–H groups in total. The Hall–Kier alpha value is -3.26. The van der Waals surface area contributed by atoms with Gasteiger partial charge in [0.25, 0.3) is 5.91 Å². The first-order chi connectivity index (χ1) is 12.8. The fraction of sp³-hybridized carbons (Fsp3) is 0.211. The highest BCUT2D eigenvalue weighted by molar-refractivity contribution is 5.99. The van der Waals surface area contributed by atoms with Gasteiger partial charge in [-0.25, -0.2) is 9.37 Å². The molecule has 0 saturated carbocycles. The van der Waals surface area contributed by atoms with Crippen molar-refractivity contribution in [2.45, 2.75) is 25.9 Å². The number of primary amides is 1. The third-order valence-corrected chi connectivity index (χ3v) is 4.26. The van der Waals surface area contributed by atoms with E-state index in [4.69, 9.17) is 11.5 Å². The number of nitrogens with two attached hydrogens (primary N) is 2. The monoisotopic (exact) mass is 368 g/mol. The molecule has 7 nitrogen and oxygen atoms in total. The zero-order valence-electron chi connectivity index (χ0n) is 15.0. The molecule has 0 radical (unpaired) electrons. The van der Waals surface area contributed by atoms with Crippen LogP contribution in [-0.4, -0.2) is 28.0 Å². The first-order valence-corrected chi connectivity index (χ1v) is 8.49. The number of halogens is 1. The average Bonchev–Trinajstić information content (AvgIpc) is 2.63. The molecule has 8 heteroatoms. The van der Waals surface area contributed by atoms with Crippen LogP contribution in [0.2, 0.25) is 0 Å². The molecule has 2 atom stereocenters. The lowest BCUT2D eigenvalue weighted by Gasteiger charge is -2.20. The van der Waals surface area contributed by atoms with Gasteiger partial charge in [-0.1, -0.05) is 6.07 Å². The number of amides is 1. The molecule has 0 aliphatic heterocycles. The van der Waals surface area contributed by atoms with E-state index < -0.39 is 11.7 Å². The van der Waals surface area contributed by atoms with E-state index in [1.165, 1.54) is 0 Å². The number of hydrogen-bond donors (Lipinski definition) is 4. The van der Waals surface area contributed by atoms with Crippen LogP contribution in [0.4, 0.5) is 21.7 Å². The van der Waals surface area contributed by atoms with Gasteiger partial charge in [-0.2, -0.15) is 0 Å². The summed E-state index contributed by atoms with van der Waals surface area (Å²) in [6.07, 6.45) is 1.71. The van der Waals surface area contributed by atoms with E-state index >= 15 is 0 Å². The number of nitrogens with one attached hydrogen (secondary N) is 2. The Morgan fingerprint density at radius 1 is 1.19 bits per heavy atom. The summed E-state index contributed by atoms with van der Waals surface area (Å²) in [7, 11) is 0. The average molecular weight is 368 g/mol. The largest absolute Gasteiger partial charge is 0.365 e. The number of pyridine rings is 2. The first-order valence-electron chi connectivity index (χ1n) is 8.49. The van der Waals surface area contributed by atoms with Gasteiger partial charge in [-0.3, -0.25) is 9.78 Å². The molecule has 0 aliphatic carbocycles. The van der Waals surface area contributed by atoms with Gasteiger partial charge in [0.15, 0.2) is 11.6 Å². The Labute approximate surface area is 156 Å². The van der Waals surface area contributed by atoms with Crippen LogP contribution in [0.5, 0.6) is 0 Å². The number of carbonyl (C=O) groups excluding carboxylic acids is 1. The molecule has 2 aromatic heterocycles. The number of rotatable bonds is 6. The van der Waals surface area contributed by atoms with Gasteiger partial charge in [0.2, 0.25) is 0 Å². The maximum Gasteiger partial charge on any atom is 0.252 e. The molecule has 140 valence electrons. The van der Waals surface area contributed by atoms with E-state index in [1.54, 1.807) is 19.2 Å². The van der Waals surface area contributed by atoms with Gasteiger partial charge in [0.1, 0.15) is 5.82 Å². The minimum Gasteiger partial charge on any atom is -0.365 e. The predicted octanol–water partition coefficient (Wildman–Crippen LogP) is 2.76. The van der Waals surface area contributed by atoms with E-state index in [2.05, 4.69) is 20.6 Å². The fourth-order valence-corrected chi connectivity index (χ4v) is 2.51. The highest BCUT2D eigenvalue weighted by Crippen LogP contribution is 2.26. The Balaban J connectivity index is 1.99. The molecule has 0 aliphatic rings. The topological polar surface area (TPSA) is 119 Å². The lowest BCUT2D eigenvalue weighted by atomic mass is 10.1. The van der Waals surface area contributed by atoms with Gasteiger partial charge in [-0.15, -0.1) is 0 Å². The summed E-state index contributed by atoms with van der Waals surface area (Å²) in [4.78, 5) is 20.2. The Kier molecular flexibility index (Phi) is 5.18. The van der Waals surface area contributed by atoms with Gasteiger partial charge in [0.05, 0.1) is 11.1 Å². The summed E-state index contributed by atoms with van der Waals surface area (Å²) in [6, 6.07) is 9.86. The molecule has 3 aromatic rings. The van der Waals surface area contributed by atoms with Gasteiger partial charge >= 0.3 is 0 Å². The molecule has 0 saturated heterocycles. The van der Waals surface area contributed by atoms with Gasteiger partial charge in [-0.05, 0) is 44.2 Å². The minimum absolute atomic E-state index is 0.00486. The summed E-state index contributed by atoms with van der Waals surface area (Å²) in [5.41, 5.74) is 12.7. The third-order valence-electron chi connectivity index (χ3n) is 4.26. The van der Waals surface area contributed by atoms with Crippen LogP contribution in [-0.2, 0) is 0 Å². The van der Waals surface area contributed by atoms with Crippen molar-refractivity contribution in [2.24, 2.45) is 11.5 Å². The molecule has 3 rings (SSSR count). The Morgan fingerprint density at radius 2 is 1.96 bits per heavy atom. The van der Waals surface area contributed by atoms with Crippen molar-refractivity contribution in [2.75, 3.05) is 10.6 Å². The number of anilines is 3. The number of hydrogen-bond acceptors (Lipinski definition) is 6. The van der Waals surface area contributed by atoms with Crippen LogP contribution in [0, 0.1) is 5.82 Å². The van der Waals surface area contributed by atoms with Crippen molar-refractivity contribution in [3.63, 3.8) is 0 Å². The highest BCUT2D eigenvalue weighted by atomic mass is 19.1. The summed E-state index contributed by atoms with van der Waals surface area (Å²) in [5, 5.41) is 6.87. The molecule has 0 spiro atoms. The zero-order valence-corrected chi connectivity index (χ0v) is 15.0. The van der Waals surface area contributed by atoms with Crippen LogP contribution in [0.25, 0.3) is 10.9 Å². The van der Waals surface area contributed by atoms with E-state index in [0.717, 1.165) is 17.0 Å². The lowest BCUT2D eigenvalue weighted by molar-refractivity contribution is 0.100. The summed E-state index contributed by atoms with van der Waals surface area (Å²) in [5.74, 6) is -1.30. The van der Waals surface area contributed by atoms with Crippen molar-refractivity contribution >= 4 is 34.1 Å². The molecule has 1 aromatic carbocycles. The van der Waals surface area contributed by atoms with E-state index in [0.29, 0.717) is 5.69 Å². The van der Waals surface area contributed by atoms with Crippen LogP contribution in [0.3, 0.4) is 0 Å². The predicted molar refractivity (Wildman–Crippen MR) is 104 cm³/mol. The maximum atomic E-state index is 14.4. The minimum atomic E-state index is -0.779. The summed E-state index contributed by atoms with van der Waals surface area (Å²) in [6.45, 7) is 3.62. The second kappa shape index (κ2) is 7.55. The molecule has 0 bridgehead atoms. The molecular formula is C19H21FN6O. The van der Waals surface area contributed by atoms with Crippen molar-refractivity contribution in [3.05, 3.63) is 54.0 Å². The van der Waals surface area contributed by atoms with Crippen LogP contribution < -0.4 is 22.1 Å². The second-order valence-electron chi connectivity index (χ2n) is 6.41. The van der Waals surface area contributed by atoms with Crippen molar-refractivity contribution in [1.29, 1.82) is 0 Å². The number of carbonyl (C=O) groups is 1. The Morgan fingerprint density at radius 3 is 2.67 bits per heavy atom.